The highest BCUT2D eigenvalue weighted by Gasteiger charge is 2.19. The second kappa shape index (κ2) is 7.85. The first-order chi connectivity index (χ1) is 14.0. The van der Waals surface area contributed by atoms with Crippen LogP contribution in [0.4, 0.5) is 0 Å². The summed E-state index contributed by atoms with van der Waals surface area (Å²) < 4.78 is 5.55. The predicted octanol–water partition coefficient (Wildman–Crippen LogP) is 3.83. The van der Waals surface area contributed by atoms with Gasteiger partial charge in [0.05, 0.1) is 0 Å². The van der Waals surface area contributed by atoms with Gasteiger partial charge >= 0.3 is 0 Å². The third-order valence-corrected chi connectivity index (χ3v) is 4.90. The van der Waals surface area contributed by atoms with Gasteiger partial charge in [0.2, 0.25) is 0 Å². The molecule has 2 N–H and O–H groups in total. The molecule has 2 aromatic heterocycles. The maximum absolute atomic E-state index is 12.2. The van der Waals surface area contributed by atoms with Gasteiger partial charge in [-0.25, -0.2) is 0 Å². The van der Waals surface area contributed by atoms with Gasteiger partial charge in [0, 0.05) is 55.0 Å². The van der Waals surface area contributed by atoms with Gasteiger partial charge in [0.25, 0.3) is 5.91 Å². The van der Waals surface area contributed by atoms with Crippen LogP contribution in [0.5, 0.6) is 0 Å². The number of nitrogens with zero attached hydrogens (tertiary/aromatic N) is 3. The molecule has 1 atom stereocenters. The molecule has 6 heteroatoms. The van der Waals surface area contributed by atoms with Crippen LogP contribution >= 0.6 is 0 Å². The first-order valence-electron chi connectivity index (χ1n) is 9.40. The molecule has 2 heterocycles. The number of aromatic nitrogens is 2. The van der Waals surface area contributed by atoms with E-state index in [-0.39, 0.29) is 11.9 Å². The van der Waals surface area contributed by atoms with Crippen molar-refractivity contribution in [2.24, 2.45) is 5.73 Å². The molecule has 0 bridgehead atoms. The zero-order valence-electron chi connectivity index (χ0n) is 16.4. The van der Waals surface area contributed by atoms with Crippen LogP contribution < -0.4 is 5.73 Å². The predicted molar refractivity (Wildman–Crippen MR) is 112 cm³/mol. The van der Waals surface area contributed by atoms with Gasteiger partial charge in [-0.2, -0.15) is 0 Å². The van der Waals surface area contributed by atoms with Crippen LogP contribution in [0.25, 0.3) is 22.2 Å². The van der Waals surface area contributed by atoms with Gasteiger partial charge in [-0.15, -0.1) is 0 Å². The Hall–Kier alpha value is -3.51. The lowest BCUT2D eigenvalue weighted by Crippen LogP contribution is -2.21. The Morgan fingerprint density at radius 2 is 1.90 bits per heavy atom. The molecule has 0 saturated carbocycles. The lowest BCUT2D eigenvalue weighted by molar-refractivity contribution is 0.0827. The Kier molecular flexibility index (Phi) is 5.10. The monoisotopic (exact) mass is 386 g/mol. The highest BCUT2D eigenvalue weighted by molar-refractivity contribution is 6.00. The molecule has 4 aromatic rings. The average molecular weight is 386 g/mol. The minimum Gasteiger partial charge on any atom is -0.356 e. The number of rotatable bonds is 5. The van der Waals surface area contributed by atoms with Gasteiger partial charge in [0.15, 0.2) is 5.58 Å². The van der Waals surface area contributed by atoms with Gasteiger partial charge in [-0.3, -0.25) is 9.78 Å². The quantitative estimate of drug-likeness (QED) is 0.563. The zero-order valence-corrected chi connectivity index (χ0v) is 16.4. The van der Waals surface area contributed by atoms with Crippen LogP contribution in [-0.2, 0) is 6.42 Å². The van der Waals surface area contributed by atoms with Crippen LogP contribution in [0.1, 0.15) is 27.7 Å². The van der Waals surface area contributed by atoms with Crippen LogP contribution in [0.15, 0.2) is 71.4 Å². The molecule has 0 aliphatic carbocycles. The Balaban J connectivity index is 1.72. The van der Waals surface area contributed by atoms with E-state index in [1.165, 1.54) is 4.90 Å². The SMILES string of the molecule is CN(C)C(=O)c1ccc2c(-c3ccccc3[C@@H](N)Cc3ccccn3)noc2c1. The van der Waals surface area contributed by atoms with E-state index in [9.17, 15) is 4.79 Å². The fraction of sp³-hybridized carbons (Fsp3) is 0.174. The van der Waals surface area contributed by atoms with Crippen molar-refractivity contribution in [2.45, 2.75) is 12.5 Å². The number of pyridine rings is 1. The minimum absolute atomic E-state index is 0.0809. The van der Waals surface area contributed by atoms with Crippen LogP contribution in [0, 0.1) is 0 Å². The van der Waals surface area contributed by atoms with E-state index >= 15 is 0 Å². The third kappa shape index (κ3) is 3.75. The van der Waals surface area contributed by atoms with Crippen molar-refractivity contribution in [1.29, 1.82) is 0 Å². The Morgan fingerprint density at radius 3 is 2.66 bits per heavy atom. The fourth-order valence-corrected chi connectivity index (χ4v) is 3.41. The van der Waals surface area contributed by atoms with E-state index in [0.717, 1.165) is 27.9 Å². The standard InChI is InChI=1S/C23H22N4O2/c1-27(2)23(28)15-10-11-19-21(13-15)29-26-22(19)18-9-4-3-8-17(18)20(24)14-16-7-5-6-12-25-16/h3-13,20H,14,24H2,1-2H3/t20-/m0/s1. The van der Waals surface area contributed by atoms with Crippen LogP contribution in [0.3, 0.4) is 0 Å². The summed E-state index contributed by atoms with van der Waals surface area (Å²) in [4.78, 5) is 18.1. The van der Waals surface area contributed by atoms with Gasteiger partial charge in [0.1, 0.15) is 5.69 Å². The van der Waals surface area contributed by atoms with Crippen molar-refractivity contribution in [1.82, 2.24) is 15.0 Å². The number of benzene rings is 2. The summed E-state index contributed by atoms with van der Waals surface area (Å²) in [5.74, 6) is -0.0809. The largest absolute Gasteiger partial charge is 0.356 e. The van der Waals surface area contributed by atoms with Crippen LogP contribution in [0.2, 0.25) is 0 Å². The lowest BCUT2D eigenvalue weighted by atomic mass is 9.94. The van der Waals surface area contributed by atoms with Crippen molar-refractivity contribution in [3.63, 3.8) is 0 Å². The Bertz CT molecular complexity index is 1150. The molecule has 6 nitrogen and oxygen atoms in total. The lowest BCUT2D eigenvalue weighted by Gasteiger charge is -2.15. The molecule has 2 aromatic carbocycles. The summed E-state index contributed by atoms with van der Waals surface area (Å²) in [6.07, 6.45) is 2.39. The molecule has 146 valence electrons. The van der Waals surface area contributed by atoms with Crippen molar-refractivity contribution in [2.75, 3.05) is 14.1 Å². The number of carbonyl (C=O) groups excluding carboxylic acids is 1. The molecule has 0 aliphatic rings. The number of nitrogens with two attached hydrogens (primary N) is 1. The number of hydrogen-bond donors (Lipinski definition) is 1. The van der Waals surface area contributed by atoms with E-state index in [4.69, 9.17) is 10.3 Å². The second-order valence-corrected chi connectivity index (χ2v) is 7.16. The summed E-state index contributed by atoms with van der Waals surface area (Å²) in [5, 5.41) is 5.14. The summed E-state index contributed by atoms with van der Waals surface area (Å²) in [6, 6.07) is 18.9. The molecule has 0 aliphatic heterocycles. The minimum atomic E-state index is -0.234. The molecule has 1 amide bonds. The molecule has 29 heavy (non-hydrogen) atoms. The zero-order chi connectivity index (χ0) is 20.4. The maximum atomic E-state index is 12.2. The maximum Gasteiger partial charge on any atom is 0.253 e. The van der Waals surface area contributed by atoms with Crippen molar-refractivity contribution < 1.29 is 9.32 Å². The second-order valence-electron chi connectivity index (χ2n) is 7.16. The molecule has 0 unspecified atom stereocenters. The summed E-state index contributed by atoms with van der Waals surface area (Å²) >= 11 is 0. The highest BCUT2D eigenvalue weighted by Crippen LogP contribution is 2.33. The molecular weight excluding hydrogens is 364 g/mol. The normalized spacial score (nSPS) is 12.1. The smallest absolute Gasteiger partial charge is 0.253 e. The summed E-state index contributed by atoms with van der Waals surface area (Å²) in [5.41, 5.74) is 11.2. The van der Waals surface area contributed by atoms with E-state index < -0.39 is 0 Å². The van der Waals surface area contributed by atoms with E-state index in [0.29, 0.717) is 17.6 Å². The van der Waals surface area contributed by atoms with Gasteiger partial charge in [-0.1, -0.05) is 35.5 Å². The number of fused-ring (bicyclic) bond motifs is 1. The average Bonchev–Trinajstić information content (AvgIpc) is 3.17. The molecule has 0 radical (unpaired) electrons. The van der Waals surface area contributed by atoms with E-state index in [2.05, 4.69) is 10.1 Å². The highest BCUT2D eigenvalue weighted by atomic mass is 16.5. The van der Waals surface area contributed by atoms with Crippen LogP contribution in [-0.4, -0.2) is 35.0 Å². The van der Waals surface area contributed by atoms with Gasteiger partial charge in [-0.05, 0) is 35.9 Å². The first kappa shape index (κ1) is 18.8. The van der Waals surface area contributed by atoms with Crippen molar-refractivity contribution in [3.05, 3.63) is 83.7 Å². The molecule has 0 fully saturated rings. The Labute approximate surface area is 168 Å². The molecule has 0 spiro atoms. The third-order valence-electron chi connectivity index (χ3n) is 4.90. The first-order valence-corrected chi connectivity index (χ1v) is 9.40. The van der Waals surface area contributed by atoms with E-state index in [1.54, 1.807) is 32.4 Å². The number of hydrogen-bond acceptors (Lipinski definition) is 5. The summed E-state index contributed by atoms with van der Waals surface area (Å²) in [7, 11) is 3.44. The topological polar surface area (TPSA) is 85.2 Å². The fourth-order valence-electron chi connectivity index (χ4n) is 3.41. The van der Waals surface area contributed by atoms with Gasteiger partial charge < -0.3 is 15.2 Å². The molecule has 0 saturated heterocycles. The molecular formula is C23H22N4O2. The van der Waals surface area contributed by atoms with E-state index in [1.807, 2.05) is 48.5 Å². The number of amides is 1. The van der Waals surface area contributed by atoms with Crippen molar-refractivity contribution >= 4 is 16.9 Å². The molecule has 4 rings (SSSR count). The van der Waals surface area contributed by atoms with Crippen molar-refractivity contribution in [3.8, 4) is 11.3 Å². The summed E-state index contributed by atoms with van der Waals surface area (Å²) in [6.45, 7) is 0. The number of carbonyl (C=O) groups is 1. The Morgan fingerprint density at radius 1 is 1.10 bits per heavy atom.